The number of nitrogens with zero attached hydrogens (tertiary/aromatic N) is 2. The summed E-state index contributed by atoms with van der Waals surface area (Å²) in [7, 11) is 0. The SMILES string of the molecule is O=C(NC1CCCCC1)N1CCC(c2noc3cc(F)ccc23)CC1. The zero-order valence-corrected chi connectivity index (χ0v) is 14.3. The van der Waals surface area contributed by atoms with E-state index in [-0.39, 0.29) is 17.8 Å². The molecular formula is C19H24FN3O2. The van der Waals surface area contributed by atoms with E-state index in [0.29, 0.717) is 11.6 Å². The van der Waals surface area contributed by atoms with E-state index in [1.165, 1.54) is 31.4 Å². The average Bonchev–Trinajstić information content (AvgIpc) is 3.05. The van der Waals surface area contributed by atoms with Crippen molar-refractivity contribution in [3.63, 3.8) is 0 Å². The van der Waals surface area contributed by atoms with Crippen LogP contribution in [0.1, 0.15) is 56.6 Å². The van der Waals surface area contributed by atoms with Crippen LogP contribution in [0.4, 0.5) is 9.18 Å². The summed E-state index contributed by atoms with van der Waals surface area (Å²) in [4.78, 5) is 14.4. The van der Waals surface area contributed by atoms with Gasteiger partial charge in [-0.3, -0.25) is 0 Å². The number of nitrogens with one attached hydrogen (secondary N) is 1. The van der Waals surface area contributed by atoms with Gasteiger partial charge in [0.2, 0.25) is 0 Å². The van der Waals surface area contributed by atoms with Crippen LogP contribution in [0, 0.1) is 5.82 Å². The molecule has 2 aromatic rings. The van der Waals surface area contributed by atoms with E-state index < -0.39 is 0 Å². The number of likely N-dealkylation sites (tertiary alicyclic amines) is 1. The lowest BCUT2D eigenvalue weighted by Gasteiger charge is -2.33. The van der Waals surface area contributed by atoms with Crippen molar-refractivity contribution in [2.24, 2.45) is 0 Å². The standard InChI is InChI=1S/C19H24FN3O2/c20-14-6-7-16-17(12-14)25-22-18(16)13-8-10-23(11-9-13)19(24)21-15-4-2-1-3-5-15/h6-7,12-13,15H,1-5,8-11H2,(H,21,24). The summed E-state index contributed by atoms with van der Waals surface area (Å²) in [6.07, 6.45) is 7.63. The van der Waals surface area contributed by atoms with Gasteiger partial charge in [-0.2, -0.15) is 0 Å². The first-order chi connectivity index (χ1) is 12.2. The molecule has 4 rings (SSSR count). The molecule has 2 amide bonds. The molecular weight excluding hydrogens is 321 g/mol. The third-order valence-electron chi connectivity index (χ3n) is 5.56. The van der Waals surface area contributed by atoms with E-state index >= 15 is 0 Å². The lowest BCUT2D eigenvalue weighted by atomic mass is 9.91. The molecule has 1 aromatic carbocycles. The van der Waals surface area contributed by atoms with Gasteiger partial charge in [-0.25, -0.2) is 9.18 Å². The Morgan fingerprint density at radius 1 is 1.16 bits per heavy atom. The lowest BCUT2D eigenvalue weighted by Crippen LogP contribution is -2.48. The minimum atomic E-state index is -0.315. The number of hydrogen-bond acceptors (Lipinski definition) is 3. The molecule has 2 fully saturated rings. The fourth-order valence-electron chi connectivity index (χ4n) is 4.09. The number of urea groups is 1. The molecule has 2 aliphatic rings. The summed E-state index contributed by atoms with van der Waals surface area (Å²) in [6, 6.07) is 4.96. The van der Waals surface area contributed by atoms with Crippen LogP contribution in [0.5, 0.6) is 0 Å². The highest BCUT2D eigenvalue weighted by Crippen LogP contribution is 2.32. The van der Waals surface area contributed by atoms with Crippen molar-refractivity contribution in [3.8, 4) is 0 Å². The first-order valence-electron chi connectivity index (χ1n) is 9.31. The molecule has 6 heteroatoms. The second-order valence-corrected chi connectivity index (χ2v) is 7.25. The first-order valence-corrected chi connectivity index (χ1v) is 9.31. The molecule has 1 aliphatic carbocycles. The molecule has 0 atom stereocenters. The molecule has 1 saturated carbocycles. The Bertz CT molecular complexity index is 746. The first kappa shape index (κ1) is 16.4. The number of rotatable bonds is 2. The quantitative estimate of drug-likeness (QED) is 0.888. The molecule has 0 radical (unpaired) electrons. The Kier molecular flexibility index (Phi) is 4.59. The van der Waals surface area contributed by atoms with Crippen molar-refractivity contribution >= 4 is 17.0 Å². The minimum Gasteiger partial charge on any atom is -0.356 e. The molecule has 134 valence electrons. The van der Waals surface area contributed by atoms with Gasteiger partial charge >= 0.3 is 6.03 Å². The van der Waals surface area contributed by atoms with Crippen LogP contribution in [0.2, 0.25) is 0 Å². The second kappa shape index (κ2) is 7.02. The predicted molar refractivity (Wildman–Crippen MR) is 92.9 cm³/mol. The van der Waals surface area contributed by atoms with E-state index in [4.69, 9.17) is 4.52 Å². The highest BCUT2D eigenvalue weighted by Gasteiger charge is 2.28. The van der Waals surface area contributed by atoms with Gasteiger partial charge in [0.1, 0.15) is 5.82 Å². The van der Waals surface area contributed by atoms with E-state index in [9.17, 15) is 9.18 Å². The van der Waals surface area contributed by atoms with Crippen LogP contribution in [-0.4, -0.2) is 35.2 Å². The van der Waals surface area contributed by atoms with Gasteiger partial charge in [-0.05, 0) is 37.8 Å². The summed E-state index contributed by atoms with van der Waals surface area (Å²) < 4.78 is 18.6. The van der Waals surface area contributed by atoms with Crippen LogP contribution in [-0.2, 0) is 0 Å². The summed E-state index contributed by atoms with van der Waals surface area (Å²) in [6.45, 7) is 1.44. The topological polar surface area (TPSA) is 58.4 Å². The van der Waals surface area contributed by atoms with Crippen molar-refractivity contribution in [2.45, 2.75) is 56.9 Å². The minimum absolute atomic E-state index is 0.0671. The Labute approximate surface area is 146 Å². The second-order valence-electron chi connectivity index (χ2n) is 7.25. The Hall–Kier alpha value is -2.11. The molecule has 1 saturated heterocycles. The van der Waals surface area contributed by atoms with Gasteiger partial charge in [0.15, 0.2) is 5.58 Å². The Morgan fingerprint density at radius 3 is 2.68 bits per heavy atom. The summed E-state index contributed by atoms with van der Waals surface area (Å²) in [5, 5.41) is 8.23. The van der Waals surface area contributed by atoms with Gasteiger partial charge < -0.3 is 14.7 Å². The number of halogens is 1. The number of benzene rings is 1. The molecule has 1 aromatic heterocycles. The van der Waals surface area contributed by atoms with Gasteiger partial charge in [-0.1, -0.05) is 24.4 Å². The maximum absolute atomic E-state index is 13.3. The number of piperidine rings is 1. The maximum atomic E-state index is 13.3. The number of hydrogen-bond donors (Lipinski definition) is 1. The fourth-order valence-corrected chi connectivity index (χ4v) is 4.09. The van der Waals surface area contributed by atoms with E-state index in [1.807, 2.05) is 4.90 Å². The monoisotopic (exact) mass is 345 g/mol. The fraction of sp³-hybridized carbons (Fsp3) is 0.579. The summed E-state index contributed by atoms with van der Waals surface area (Å²) in [5.41, 5.74) is 1.38. The van der Waals surface area contributed by atoms with Crippen LogP contribution < -0.4 is 5.32 Å². The van der Waals surface area contributed by atoms with E-state index in [1.54, 1.807) is 6.07 Å². The number of carbonyl (C=O) groups excluding carboxylic acids is 1. The van der Waals surface area contributed by atoms with Crippen molar-refractivity contribution in [1.29, 1.82) is 0 Å². The van der Waals surface area contributed by atoms with Crippen LogP contribution in [0.15, 0.2) is 22.7 Å². The molecule has 2 heterocycles. The highest BCUT2D eigenvalue weighted by atomic mass is 19.1. The van der Waals surface area contributed by atoms with Crippen LogP contribution in [0.25, 0.3) is 11.0 Å². The van der Waals surface area contributed by atoms with E-state index in [0.717, 1.165) is 49.9 Å². The predicted octanol–water partition coefficient (Wildman–Crippen LogP) is 4.19. The molecule has 0 spiro atoms. The zero-order chi connectivity index (χ0) is 17.2. The number of fused-ring (bicyclic) bond motifs is 1. The Morgan fingerprint density at radius 2 is 1.92 bits per heavy atom. The normalized spacial score (nSPS) is 20.1. The molecule has 25 heavy (non-hydrogen) atoms. The van der Waals surface area contributed by atoms with Gasteiger partial charge in [0, 0.05) is 36.5 Å². The highest BCUT2D eigenvalue weighted by molar-refractivity contribution is 5.80. The zero-order valence-electron chi connectivity index (χ0n) is 14.3. The van der Waals surface area contributed by atoms with Gasteiger partial charge in [0.25, 0.3) is 0 Å². The van der Waals surface area contributed by atoms with Gasteiger partial charge in [-0.15, -0.1) is 0 Å². The number of aromatic nitrogens is 1. The van der Waals surface area contributed by atoms with Crippen LogP contribution >= 0.6 is 0 Å². The Balaban J connectivity index is 1.36. The maximum Gasteiger partial charge on any atom is 0.317 e. The van der Waals surface area contributed by atoms with Crippen molar-refractivity contribution < 1.29 is 13.7 Å². The number of amides is 2. The van der Waals surface area contributed by atoms with Crippen molar-refractivity contribution in [2.75, 3.05) is 13.1 Å². The third kappa shape index (κ3) is 3.48. The average molecular weight is 345 g/mol. The molecule has 0 unspecified atom stereocenters. The molecule has 1 N–H and O–H groups in total. The van der Waals surface area contributed by atoms with Crippen LogP contribution in [0.3, 0.4) is 0 Å². The van der Waals surface area contributed by atoms with E-state index in [2.05, 4.69) is 10.5 Å². The smallest absolute Gasteiger partial charge is 0.317 e. The lowest BCUT2D eigenvalue weighted by molar-refractivity contribution is 0.173. The molecule has 5 nitrogen and oxygen atoms in total. The molecule has 0 bridgehead atoms. The van der Waals surface area contributed by atoms with Crippen molar-refractivity contribution in [1.82, 2.24) is 15.4 Å². The van der Waals surface area contributed by atoms with Gasteiger partial charge in [0.05, 0.1) is 5.69 Å². The van der Waals surface area contributed by atoms with Crippen molar-refractivity contribution in [3.05, 3.63) is 29.7 Å². The molecule has 1 aliphatic heterocycles. The summed E-state index contributed by atoms with van der Waals surface area (Å²) in [5.74, 6) is -0.0603. The summed E-state index contributed by atoms with van der Waals surface area (Å²) >= 11 is 0. The third-order valence-corrected chi connectivity index (χ3v) is 5.56. The largest absolute Gasteiger partial charge is 0.356 e. The number of carbonyl (C=O) groups is 1.